The summed E-state index contributed by atoms with van der Waals surface area (Å²) in [5.74, 6) is 1.80. The molecule has 0 unspecified atom stereocenters. The Bertz CT molecular complexity index is 657. The number of methoxy groups -OCH3 is 2. The maximum atomic E-state index is 11.5. The molecule has 1 amide bonds. The lowest BCUT2D eigenvalue weighted by molar-refractivity contribution is -0.125. The Balaban J connectivity index is 2.12. The minimum absolute atomic E-state index is 0.0177. The van der Waals surface area contributed by atoms with Gasteiger partial charge in [-0.3, -0.25) is 4.79 Å². The minimum atomic E-state index is -0.0177. The minimum Gasteiger partial charge on any atom is -0.493 e. The molecule has 8 heteroatoms. The molecule has 0 fully saturated rings. The van der Waals surface area contributed by atoms with Crippen molar-refractivity contribution in [1.82, 2.24) is 15.1 Å². The molecule has 0 spiro atoms. The third kappa shape index (κ3) is 3.70. The Kier molecular flexibility index (Phi) is 5.26. The van der Waals surface area contributed by atoms with Gasteiger partial charge >= 0.3 is 0 Å². The van der Waals surface area contributed by atoms with Gasteiger partial charge in [0.1, 0.15) is 0 Å². The highest BCUT2D eigenvalue weighted by atomic mass is 32.2. The van der Waals surface area contributed by atoms with Gasteiger partial charge in [-0.25, -0.2) is 0 Å². The van der Waals surface area contributed by atoms with E-state index in [2.05, 4.69) is 10.2 Å². The summed E-state index contributed by atoms with van der Waals surface area (Å²) in [5, 5.41) is 8.25. The molecule has 0 aliphatic rings. The van der Waals surface area contributed by atoms with Gasteiger partial charge in [-0.05, 0) is 18.2 Å². The first kappa shape index (κ1) is 16.2. The van der Waals surface area contributed by atoms with E-state index in [4.69, 9.17) is 13.9 Å². The lowest BCUT2D eigenvalue weighted by Gasteiger charge is -2.08. The number of amides is 1. The monoisotopic (exact) mass is 323 g/mol. The zero-order valence-corrected chi connectivity index (χ0v) is 13.6. The number of nitrogens with zero attached hydrogens (tertiary/aromatic N) is 3. The number of rotatable bonds is 6. The third-order valence-corrected chi connectivity index (χ3v) is 3.66. The first-order chi connectivity index (χ1) is 10.5. The molecule has 0 atom stereocenters. The van der Waals surface area contributed by atoms with Crippen LogP contribution in [0.25, 0.3) is 11.5 Å². The van der Waals surface area contributed by atoms with E-state index in [0.717, 1.165) is 5.56 Å². The van der Waals surface area contributed by atoms with E-state index in [-0.39, 0.29) is 11.7 Å². The second kappa shape index (κ2) is 7.17. The number of benzene rings is 1. The molecule has 0 aliphatic carbocycles. The molecule has 7 nitrogen and oxygen atoms in total. The smallest absolute Gasteiger partial charge is 0.277 e. The maximum Gasteiger partial charge on any atom is 0.277 e. The summed E-state index contributed by atoms with van der Waals surface area (Å²) in [6.45, 7) is 0. The lowest BCUT2D eigenvalue weighted by Crippen LogP contribution is -2.23. The molecule has 1 aromatic carbocycles. The van der Waals surface area contributed by atoms with Crippen LogP contribution in [0.2, 0.25) is 0 Å². The van der Waals surface area contributed by atoms with Crippen molar-refractivity contribution in [2.45, 2.75) is 5.22 Å². The van der Waals surface area contributed by atoms with Crippen molar-refractivity contribution in [3.63, 3.8) is 0 Å². The number of aromatic nitrogens is 2. The van der Waals surface area contributed by atoms with E-state index in [9.17, 15) is 4.79 Å². The van der Waals surface area contributed by atoms with Gasteiger partial charge in [-0.15, -0.1) is 10.2 Å². The van der Waals surface area contributed by atoms with E-state index in [1.54, 1.807) is 46.5 Å². The Morgan fingerprint density at radius 3 is 2.59 bits per heavy atom. The van der Waals surface area contributed by atoms with Crippen molar-refractivity contribution in [2.75, 3.05) is 34.1 Å². The highest BCUT2D eigenvalue weighted by Crippen LogP contribution is 2.32. The molecule has 0 N–H and O–H groups in total. The van der Waals surface area contributed by atoms with Crippen LogP contribution in [0, 0.1) is 0 Å². The highest BCUT2D eigenvalue weighted by Gasteiger charge is 2.14. The number of hydrogen-bond acceptors (Lipinski definition) is 7. The summed E-state index contributed by atoms with van der Waals surface area (Å²) in [4.78, 5) is 13.0. The largest absolute Gasteiger partial charge is 0.493 e. The topological polar surface area (TPSA) is 77.7 Å². The van der Waals surface area contributed by atoms with Crippen LogP contribution in [-0.4, -0.2) is 55.1 Å². The molecule has 2 aromatic rings. The number of hydrogen-bond donors (Lipinski definition) is 0. The van der Waals surface area contributed by atoms with E-state index in [1.165, 1.54) is 16.7 Å². The van der Waals surface area contributed by atoms with E-state index in [1.807, 2.05) is 0 Å². The van der Waals surface area contributed by atoms with Crippen LogP contribution in [0.3, 0.4) is 0 Å². The first-order valence-corrected chi connectivity index (χ1v) is 7.42. The molecule has 118 valence electrons. The van der Waals surface area contributed by atoms with Gasteiger partial charge in [0.15, 0.2) is 11.5 Å². The number of carbonyl (C=O) groups is 1. The van der Waals surface area contributed by atoms with Crippen molar-refractivity contribution < 1.29 is 18.7 Å². The van der Waals surface area contributed by atoms with E-state index >= 15 is 0 Å². The second-order valence-electron chi connectivity index (χ2n) is 4.52. The average Bonchev–Trinajstić information content (AvgIpc) is 3.00. The summed E-state index contributed by atoms with van der Waals surface area (Å²) in [6.07, 6.45) is 0. The van der Waals surface area contributed by atoms with Gasteiger partial charge in [0, 0.05) is 19.7 Å². The highest BCUT2D eigenvalue weighted by molar-refractivity contribution is 7.99. The zero-order chi connectivity index (χ0) is 16.1. The Labute approximate surface area is 132 Å². The molecule has 22 heavy (non-hydrogen) atoms. The molecule has 1 aromatic heterocycles. The molecule has 2 rings (SSSR count). The van der Waals surface area contributed by atoms with Crippen LogP contribution >= 0.6 is 11.8 Å². The molecule has 0 saturated heterocycles. The Morgan fingerprint density at radius 1 is 1.23 bits per heavy atom. The Hall–Kier alpha value is -2.22. The quantitative estimate of drug-likeness (QED) is 0.752. The molecule has 0 radical (unpaired) electrons. The van der Waals surface area contributed by atoms with Crippen LogP contribution in [0.1, 0.15) is 0 Å². The molecule has 0 bridgehead atoms. The fourth-order valence-electron chi connectivity index (χ4n) is 1.61. The predicted molar refractivity (Wildman–Crippen MR) is 82.3 cm³/mol. The summed E-state index contributed by atoms with van der Waals surface area (Å²) in [7, 11) is 6.53. The summed E-state index contributed by atoms with van der Waals surface area (Å²) in [6, 6.07) is 5.32. The molecular formula is C14H17N3O4S. The van der Waals surface area contributed by atoms with Crippen molar-refractivity contribution in [2.24, 2.45) is 0 Å². The van der Waals surface area contributed by atoms with Crippen LogP contribution in [-0.2, 0) is 4.79 Å². The van der Waals surface area contributed by atoms with Gasteiger partial charge in [0.25, 0.3) is 5.22 Å². The van der Waals surface area contributed by atoms with Crippen molar-refractivity contribution in [3.05, 3.63) is 18.2 Å². The fraction of sp³-hybridized carbons (Fsp3) is 0.357. The lowest BCUT2D eigenvalue weighted by atomic mass is 10.2. The molecular weight excluding hydrogens is 306 g/mol. The van der Waals surface area contributed by atoms with Crippen LogP contribution in [0.15, 0.2) is 27.8 Å². The standard InChI is InChI=1S/C14H17N3O4S/c1-17(2)12(18)8-22-14-16-15-13(21-14)9-5-6-10(19-3)11(7-9)20-4/h5-7H,8H2,1-4H3. The molecule has 1 heterocycles. The second-order valence-corrected chi connectivity index (χ2v) is 5.45. The number of thioether (sulfide) groups is 1. The number of carbonyl (C=O) groups excluding carboxylic acids is 1. The van der Waals surface area contributed by atoms with Gasteiger partial charge < -0.3 is 18.8 Å². The van der Waals surface area contributed by atoms with E-state index < -0.39 is 0 Å². The summed E-state index contributed by atoms with van der Waals surface area (Å²) >= 11 is 1.20. The van der Waals surface area contributed by atoms with Gasteiger partial charge in [-0.1, -0.05) is 11.8 Å². The Morgan fingerprint density at radius 2 is 1.95 bits per heavy atom. The van der Waals surface area contributed by atoms with E-state index in [0.29, 0.717) is 22.6 Å². The third-order valence-electron chi connectivity index (χ3n) is 2.85. The first-order valence-electron chi connectivity index (χ1n) is 6.44. The zero-order valence-electron chi connectivity index (χ0n) is 12.8. The van der Waals surface area contributed by atoms with Crippen molar-refractivity contribution in [1.29, 1.82) is 0 Å². The SMILES string of the molecule is COc1ccc(-c2nnc(SCC(=O)N(C)C)o2)cc1OC. The van der Waals surface area contributed by atoms with Crippen LogP contribution in [0.4, 0.5) is 0 Å². The van der Waals surface area contributed by atoms with Gasteiger partial charge in [0.2, 0.25) is 11.8 Å². The number of ether oxygens (including phenoxy) is 2. The normalized spacial score (nSPS) is 10.4. The predicted octanol–water partition coefficient (Wildman–Crippen LogP) is 1.93. The van der Waals surface area contributed by atoms with Crippen molar-refractivity contribution >= 4 is 17.7 Å². The molecule has 0 aliphatic heterocycles. The average molecular weight is 323 g/mol. The molecule has 0 saturated carbocycles. The van der Waals surface area contributed by atoms with Gasteiger partial charge in [-0.2, -0.15) is 0 Å². The van der Waals surface area contributed by atoms with Gasteiger partial charge in [0.05, 0.1) is 20.0 Å². The van der Waals surface area contributed by atoms with Crippen LogP contribution in [0.5, 0.6) is 11.5 Å². The fourth-order valence-corrected chi connectivity index (χ4v) is 2.35. The van der Waals surface area contributed by atoms with Crippen LogP contribution < -0.4 is 9.47 Å². The summed E-state index contributed by atoms with van der Waals surface area (Å²) < 4.78 is 16.0. The summed E-state index contributed by atoms with van der Waals surface area (Å²) in [5.41, 5.74) is 0.718. The van der Waals surface area contributed by atoms with Crippen molar-refractivity contribution in [3.8, 4) is 23.0 Å². The maximum absolute atomic E-state index is 11.5.